The van der Waals surface area contributed by atoms with E-state index < -0.39 is 0 Å². The van der Waals surface area contributed by atoms with Crippen LogP contribution in [-0.2, 0) is 0 Å². The Balaban J connectivity index is 1.87. The van der Waals surface area contributed by atoms with Crippen LogP contribution in [0.25, 0.3) is 0 Å². The van der Waals surface area contributed by atoms with Crippen molar-refractivity contribution < 1.29 is 5.11 Å². The molecule has 0 aliphatic heterocycles. The summed E-state index contributed by atoms with van der Waals surface area (Å²) in [6.07, 6.45) is 3.60. The lowest BCUT2D eigenvalue weighted by molar-refractivity contribution is 0.137. The SMILES string of the molecule is Cc1cc(Cl)c(C(O)C2C3CCCC32)cc1C. The van der Waals surface area contributed by atoms with Crippen molar-refractivity contribution in [2.45, 2.75) is 39.2 Å². The maximum Gasteiger partial charge on any atom is 0.0838 e. The second-order valence-electron chi connectivity index (χ2n) is 5.74. The Kier molecular flexibility index (Phi) is 2.72. The van der Waals surface area contributed by atoms with Gasteiger partial charge in [-0.15, -0.1) is 0 Å². The molecule has 0 radical (unpaired) electrons. The summed E-state index contributed by atoms with van der Waals surface area (Å²) in [5.74, 6) is 2.01. The van der Waals surface area contributed by atoms with Crippen LogP contribution in [0.3, 0.4) is 0 Å². The van der Waals surface area contributed by atoms with E-state index in [1.165, 1.54) is 30.4 Å². The first kappa shape index (κ1) is 11.6. The third-order valence-electron chi connectivity index (χ3n) is 4.77. The molecule has 2 aliphatic rings. The number of hydrogen-bond donors (Lipinski definition) is 1. The zero-order valence-corrected chi connectivity index (χ0v) is 11.2. The number of aliphatic hydroxyl groups excluding tert-OH is 1. The van der Waals surface area contributed by atoms with Gasteiger partial charge in [-0.25, -0.2) is 0 Å². The highest BCUT2D eigenvalue weighted by atomic mass is 35.5. The van der Waals surface area contributed by atoms with Gasteiger partial charge >= 0.3 is 0 Å². The molecule has 3 unspecified atom stereocenters. The van der Waals surface area contributed by atoms with Crippen LogP contribution in [0, 0.1) is 31.6 Å². The fraction of sp³-hybridized carbons (Fsp3) is 0.600. The van der Waals surface area contributed by atoms with Crippen molar-refractivity contribution in [1.82, 2.24) is 0 Å². The Labute approximate surface area is 108 Å². The second kappa shape index (κ2) is 4.00. The first-order valence-corrected chi connectivity index (χ1v) is 6.92. The number of rotatable bonds is 2. The molecule has 2 fully saturated rings. The third-order valence-corrected chi connectivity index (χ3v) is 5.10. The molecule has 0 heterocycles. The lowest BCUT2D eigenvalue weighted by atomic mass is 9.96. The monoisotopic (exact) mass is 250 g/mol. The molecule has 1 N–H and O–H groups in total. The van der Waals surface area contributed by atoms with E-state index in [-0.39, 0.29) is 6.10 Å². The average Bonchev–Trinajstić information content (AvgIpc) is 2.76. The van der Waals surface area contributed by atoms with E-state index in [9.17, 15) is 5.11 Å². The van der Waals surface area contributed by atoms with Gasteiger partial charge in [0.2, 0.25) is 0 Å². The largest absolute Gasteiger partial charge is 0.388 e. The lowest BCUT2D eigenvalue weighted by Gasteiger charge is -2.16. The summed E-state index contributed by atoms with van der Waals surface area (Å²) in [4.78, 5) is 0. The fourth-order valence-electron chi connectivity index (χ4n) is 3.58. The molecular weight excluding hydrogens is 232 g/mol. The van der Waals surface area contributed by atoms with Crippen LogP contribution in [-0.4, -0.2) is 5.11 Å². The van der Waals surface area contributed by atoms with Crippen LogP contribution in [0.4, 0.5) is 0 Å². The molecule has 3 rings (SSSR count). The molecule has 0 aromatic heterocycles. The van der Waals surface area contributed by atoms with Gasteiger partial charge in [-0.2, -0.15) is 0 Å². The Morgan fingerprint density at radius 3 is 2.41 bits per heavy atom. The van der Waals surface area contributed by atoms with E-state index in [2.05, 4.69) is 19.9 Å². The average molecular weight is 251 g/mol. The molecular formula is C15H19ClO. The third kappa shape index (κ3) is 1.80. The molecule has 2 saturated carbocycles. The molecule has 1 aromatic rings. The van der Waals surface area contributed by atoms with Gasteiger partial charge in [0.1, 0.15) is 0 Å². The van der Waals surface area contributed by atoms with Crippen molar-refractivity contribution in [1.29, 1.82) is 0 Å². The van der Waals surface area contributed by atoms with E-state index in [0.717, 1.165) is 22.4 Å². The molecule has 3 atom stereocenters. The molecule has 2 heteroatoms. The first-order valence-electron chi connectivity index (χ1n) is 6.54. The summed E-state index contributed by atoms with van der Waals surface area (Å²) < 4.78 is 0. The topological polar surface area (TPSA) is 20.2 Å². The van der Waals surface area contributed by atoms with Gasteiger partial charge < -0.3 is 5.11 Å². The van der Waals surface area contributed by atoms with E-state index in [4.69, 9.17) is 11.6 Å². The van der Waals surface area contributed by atoms with Gasteiger partial charge in [-0.1, -0.05) is 24.1 Å². The Morgan fingerprint density at radius 2 is 1.76 bits per heavy atom. The molecule has 0 amide bonds. The normalized spacial score (nSPS) is 32.4. The quantitative estimate of drug-likeness (QED) is 0.840. The maximum absolute atomic E-state index is 10.5. The minimum atomic E-state index is -0.350. The summed E-state index contributed by atoms with van der Waals surface area (Å²) >= 11 is 6.26. The fourth-order valence-corrected chi connectivity index (χ4v) is 3.91. The van der Waals surface area contributed by atoms with Crippen molar-refractivity contribution in [3.8, 4) is 0 Å². The molecule has 1 aromatic carbocycles. The second-order valence-corrected chi connectivity index (χ2v) is 6.15. The molecule has 1 nitrogen and oxygen atoms in total. The molecule has 92 valence electrons. The number of aryl methyl sites for hydroxylation is 2. The van der Waals surface area contributed by atoms with Crippen LogP contribution in [0.5, 0.6) is 0 Å². The van der Waals surface area contributed by atoms with E-state index in [0.29, 0.717) is 5.92 Å². The van der Waals surface area contributed by atoms with Crippen LogP contribution in [0.1, 0.15) is 42.1 Å². The van der Waals surface area contributed by atoms with Crippen molar-refractivity contribution in [3.05, 3.63) is 33.8 Å². The minimum Gasteiger partial charge on any atom is -0.388 e. The van der Waals surface area contributed by atoms with Gasteiger partial charge in [0.25, 0.3) is 0 Å². The number of fused-ring (bicyclic) bond motifs is 1. The van der Waals surface area contributed by atoms with Crippen LogP contribution < -0.4 is 0 Å². The van der Waals surface area contributed by atoms with Gasteiger partial charge in [0, 0.05) is 5.02 Å². The predicted molar refractivity (Wildman–Crippen MR) is 70.2 cm³/mol. The molecule has 0 saturated heterocycles. The van der Waals surface area contributed by atoms with Crippen LogP contribution >= 0.6 is 11.6 Å². The number of benzene rings is 1. The molecule has 0 spiro atoms. The van der Waals surface area contributed by atoms with Crippen molar-refractivity contribution in [2.75, 3.05) is 0 Å². The summed E-state index contributed by atoms with van der Waals surface area (Å²) in [5.41, 5.74) is 3.35. The molecule has 0 bridgehead atoms. The molecule has 17 heavy (non-hydrogen) atoms. The first-order chi connectivity index (χ1) is 8.09. The zero-order valence-electron chi connectivity index (χ0n) is 10.4. The van der Waals surface area contributed by atoms with Crippen molar-refractivity contribution in [3.63, 3.8) is 0 Å². The Hall–Kier alpha value is -0.530. The predicted octanol–water partition coefficient (Wildman–Crippen LogP) is 4.04. The smallest absolute Gasteiger partial charge is 0.0838 e. The van der Waals surface area contributed by atoms with E-state index in [1.54, 1.807) is 0 Å². The maximum atomic E-state index is 10.5. The highest BCUT2D eigenvalue weighted by Crippen LogP contribution is 2.62. The summed E-state index contributed by atoms with van der Waals surface area (Å²) in [5, 5.41) is 11.2. The van der Waals surface area contributed by atoms with Gasteiger partial charge in [0.05, 0.1) is 6.10 Å². The summed E-state index contributed by atoms with van der Waals surface area (Å²) in [6.45, 7) is 4.14. The van der Waals surface area contributed by atoms with E-state index in [1.807, 2.05) is 6.07 Å². The van der Waals surface area contributed by atoms with Gasteiger partial charge in [-0.3, -0.25) is 0 Å². The van der Waals surface area contributed by atoms with Gasteiger partial charge in [0.15, 0.2) is 0 Å². The van der Waals surface area contributed by atoms with Crippen molar-refractivity contribution >= 4 is 11.6 Å². The lowest BCUT2D eigenvalue weighted by Crippen LogP contribution is -2.06. The van der Waals surface area contributed by atoms with Crippen molar-refractivity contribution in [2.24, 2.45) is 17.8 Å². The zero-order chi connectivity index (χ0) is 12.2. The van der Waals surface area contributed by atoms with Crippen LogP contribution in [0.15, 0.2) is 12.1 Å². The number of aliphatic hydroxyl groups is 1. The van der Waals surface area contributed by atoms with Gasteiger partial charge in [-0.05, 0) is 67.2 Å². The highest BCUT2D eigenvalue weighted by Gasteiger charge is 2.56. The summed E-state index contributed by atoms with van der Waals surface area (Å²) in [6, 6.07) is 4.05. The van der Waals surface area contributed by atoms with Crippen LogP contribution in [0.2, 0.25) is 5.02 Å². The Bertz CT molecular complexity index is 444. The minimum absolute atomic E-state index is 0.350. The summed E-state index contributed by atoms with van der Waals surface area (Å²) in [7, 11) is 0. The number of halogens is 1. The van der Waals surface area contributed by atoms with E-state index >= 15 is 0 Å². The highest BCUT2D eigenvalue weighted by molar-refractivity contribution is 6.31. The Morgan fingerprint density at radius 1 is 1.18 bits per heavy atom. The number of hydrogen-bond acceptors (Lipinski definition) is 1. The standard InChI is InChI=1S/C15H19ClO/c1-8-6-12(13(16)7-9(8)2)15(17)14-10-4-3-5-11(10)14/h6-7,10-11,14-15,17H,3-5H2,1-2H3. The molecule has 2 aliphatic carbocycles.